The maximum absolute atomic E-state index is 12.8. The minimum atomic E-state index is -4.46. The molecular formula is C13H9ClF3N5S. The van der Waals surface area contributed by atoms with E-state index in [9.17, 15) is 13.2 Å². The maximum Gasteiger partial charge on any atom is 0.416 e. The van der Waals surface area contributed by atoms with Crippen molar-refractivity contribution in [2.75, 3.05) is 0 Å². The van der Waals surface area contributed by atoms with Gasteiger partial charge in [0.25, 0.3) is 0 Å². The molecule has 0 aliphatic carbocycles. The molecule has 0 atom stereocenters. The number of nitrogens with zero attached hydrogens (tertiary/aromatic N) is 2. The molecule has 0 unspecified atom stereocenters. The van der Waals surface area contributed by atoms with E-state index in [0.717, 1.165) is 23.5 Å². The van der Waals surface area contributed by atoms with Gasteiger partial charge in [-0.3, -0.25) is 0 Å². The maximum atomic E-state index is 12.8. The van der Waals surface area contributed by atoms with Gasteiger partial charge in [0.05, 0.1) is 11.3 Å². The molecule has 0 radical (unpaired) electrons. The number of hydrazine groups is 1. The van der Waals surface area contributed by atoms with Crippen LogP contribution in [0.5, 0.6) is 0 Å². The first-order chi connectivity index (χ1) is 10.8. The Morgan fingerprint density at radius 3 is 2.65 bits per heavy atom. The molecule has 2 rings (SSSR count). The van der Waals surface area contributed by atoms with Crippen molar-refractivity contribution in [3.05, 3.63) is 45.6 Å². The summed E-state index contributed by atoms with van der Waals surface area (Å²) in [7, 11) is 0. The number of aromatic nitrogens is 1. The van der Waals surface area contributed by atoms with Crippen molar-refractivity contribution >= 4 is 28.6 Å². The second-order valence-electron chi connectivity index (χ2n) is 4.26. The highest BCUT2D eigenvalue weighted by Gasteiger charge is 2.30. The number of rotatable bonds is 3. The van der Waals surface area contributed by atoms with E-state index in [-0.39, 0.29) is 32.0 Å². The Morgan fingerprint density at radius 1 is 1.39 bits per heavy atom. The summed E-state index contributed by atoms with van der Waals surface area (Å²) >= 11 is 6.97. The monoisotopic (exact) mass is 359 g/mol. The molecule has 0 amide bonds. The van der Waals surface area contributed by atoms with Crippen molar-refractivity contribution in [3.63, 3.8) is 0 Å². The number of hydrogen-bond acceptors (Lipinski definition) is 6. The van der Waals surface area contributed by atoms with E-state index < -0.39 is 11.7 Å². The Labute approximate surface area is 138 Å². The van der Waals surface area contributed by atoms with E-state index in [1.807, 2.05) is 0 Å². The summed E-state index contributed by atoms with van der Waals surface area (Å²) < 4.78 is 38.4. The Hall–Kier alpha value is -2.28. The summed E-state index contributed by atoms with van der Waals surface area (Å²) in [5.41, 5.74) is 7.14. The topological polar surface area (TPSA) is 101 Å². The highest BCUT2D eigenvalue weighted by atomic mass is 35.5. The van der Waals surface area contributed by atoms with Gasteiger partial charge in [-0.1, -0.05) is 23.7 Å². The molecule has 0 saturated heterocycles. The summed E-state index contributed by atoms with van der Waals surface area (Å²) in [4.78, 5) is 4.11. The number of nitriles is 1. The number of allylic oxidation sites excluding steroid dienone is 1. The molecule has 0 saturated carbocycles. The Balaban J connectivity index is 2.51. The van der Waals surface area contributed by atoms with Crippen molar-refractivity contribution in [3.8, 4) is 16.6 Å². The summed E-state index contributed by atoms with van der Waals surface area (Å²) in [6, 6.07) is 6.40. The first-order valence-corrected chi connectivity index (χ1v) is 7.18. The first-order valence-electron chi connectivity index (χ1n) is 5.98. The molecular weight excluding hydrogens is 351 g/mol. The van der Waals surface area contributed by atoms with Crippen LogP contribution in [0, 0.1) is 11.3 Å². The number of thiazole rings is 1. The summed E-state index contributed by atoms with van der Waals surface area (Å²) in [6.45, 7) is 0. The van der Waals surface area contributed by atoms with Gasteiger partial charge in [-0.05, 0) is 12.1 Å². The zero-order valence-corrected chi connectivity index (χ0v) is 12.9. The van der Waals surface area contributed by atoms with E-state index in [0.29, 0.717) is 0 Å². The van der Waals surface area contributed by atoms with Gasteiger partial charge in [0.1, 0.15) is 21.1 Å². The molecule has 1 heterocycles. The van der Waals surface area contributed by atoms with Crippen molar-refractivity contribution in [1.82, 2.24) is 10.4 Å². The predicted octanol–water partition coefficient (Wildman–Crippen LogP) is 3.10. The third-order valence-electron chi connectivity index (χ3n) is 2.80. The van der Waals surface area contributed by atoms with Gasteiger partial charge in [0, 0.05) is 5.56 Å². The van der Waals surface area contributed by atoms with Crippen molar-refractivity contribution < 1.29 is 13.2 Å². The van der Waals surface area contributed by atoms with E-state index in [1.54, 1.807) is 6.07 Å². The van der Waals surface area contributed by atoms with Crippen LogP contribution in [0.25, 0.3) is 16.3 Å². The molecule has 120 valence electrons. The van der Waals surface area contributed by atoms with Gasteiger partial charge in [-0.15, -0.1) is 11.3 Å². The van der Waals surface area contributed by atoms with Crippen LogP contribution in [0.3, 0.4) is 0 Å². The van der Waals surface area contributed by atoms with Crippen LogP contribution in [-0.2, 0) is 6.18 Å². The van der Waals surface area contributed by atoms with E-state index >= 15 is 0 Å². The lowest BCUT2D eigenvalue weighted by Gasteiger charge is -2.07. The number of nitrogens with one attached hydrogen (secondary N) is 1. The van der Waals surface area contributed by atoms with Crippen molar-refractivity contribution in [2.24, 2.45) is 11.6 Å². The van der Waals surface area contributed by atoms with E-state index in [4.69, 9.17) is 28.4 Å². The fourth-order valence-electron chi connectivity index (χ4n) is 1.71. The molecule has 5 nitrogen and oxygen atoms in total. The van der Waals surface area contributed by atoms with Crippen LogP contribution in [0.2, 0.25) is 4.34 Å². The quantitative estimate of drug-likeness (QED) is 0.444. The molecule has 23 heavy (non-hydrogen) atoms. The molecule has 0 spiro atoms. The second-order valence-corrected chi connectivity index (χ2v) is 5.87. The minimum absolute atomic E-state index is 0.0820. The predicted molar refractivity (Wildman–Crippen MR) is 81.6 cm³/mol. The molecule has 10 heteroatoms. The Bertz CT molecular complexity index is 807. The SMILES string of the molecule is N#C/C(NN)=C(/N)c1nc(-c2cccc(C(F)(F)F)c2)sc1Cl. The molecule has 0 aliphatic heterocycles. The van der Waals surface area contributed by atoms with Gasteiger partial charge in [-0.2, -0.15) is 18.4 Å². The van der Waals surface area contributed by atoms with E-state index in [1.165, 1.54) is 12.1 Å². The van der Waals surface area contributed by atoms with Gasteiger partial charge in [0.2, 0.25) is 0 Å². The van der Waals surface area contributed by atoms with Crippen LogP contribution in [-0.4, -0.2) is 4.98 Å². The van der Waals surface area contributed by atoms with Gasteiger partial charge in [-0.25, -0.2) is 10.8 Å². The summed E-state index contributed by atoms with van der Waals surface area (Å²) in [6.07, 6.45) is -4.46. The van der Waals surface area contributed by atoms with Crippen LogP contribution in [0.1, 0.15) is 11.3 Å². The molecule has 1 aromatic heterocycles. The number of benzene rings is 1. The standard InChI is InChI=1S/C13H9ClF3N5S/c14-11-10(9(19)8(5-18)22-20)21-12(23-11)6-2-1-3-7(4-6)13(15,16)17/h1-4,22H,19-20H2/b9-8-. The highest BCUT2D eigenvalue weighted by Crippen LogP contribution is 2.37. The highest BCUT2D eigenvalue weighted by molar-refractivity contribution is 7.19. The second kappa shape index (κ2) is 6.45. The van der Waals surface area contributed by atoms with Gasteiger partial charge < -0.3 is 11.2 Å². The zero-order chi connectivity index (χ0) is 17.2. The number of alkyl halides is 3. The average Bonchev–Trinajstić information content (AvgIpc) is 2.89. The lowest BCUT2D eigenvalue weighted by Crippen LogP contribution is -2.23. The molecule has 5 N–H and O–H groups in total. The van der Waals surface area contributed by atoms with Crippen LogP contribution in [0.15, 0.2) is 30.0 Å². The normalized spacial score (nSPS) is 12.5. The van der Waals surface area contributed by atoms with E-state index in [2.05, 4.69) is 10.4 Å². The summed E-state index contributed by atoms with van der Waals surface area (Å²) in [5.74, 6) is 5.15. The lowest BCUT2D eigenvalue weighted by atomic mass is 10.1. The molecule has 0 fully saturated rings. The molecule has 2 aromatic rings. The van der Waals surface area contributed by atoms with Crippen LogP contribution in [0.4, 0.5) is 13.2 Å². The van der Waals surface area contributed by atoms with Gasteiger partial charge >= 0.3 is 6.18 Å². The fraction of sp³-hybridized carbons (Fsp3) is 0.0769. The number of hydrogen-bond donors (Lipinski definition) is 3. The molecule has 1 aromatic carbocycles. The number of halogens is 4. The minimum Gasteiger partial charge on any atom is -0.395 e. The van der Waals surface area contributed by atoms with Crippen LogP contribution < -0.4 is 17.0 Å². The zero-order valence-electron chi connectivity index (χ0n) is 11.3. The van der Waals surface area contributed by atoms with Crippen LogP contribution >= 0.6 is 22.9 Å². The largest absolute Gasteiger partial charge is 0.416 e. The Kier molecular flexibility index (Phi) is 4.79. The fourth-order valence-corrected chi connectivity index (χ4v) is 2.88. The third kappa shape index (κ3) is 3.56. The average molecular weight is 360 g/mol. The summed E-state index contributed by atoms with van der Waals surface area (Å²) in [5, 5.41) is 9.12. The lowest BCUT2D eigenvalue weighted by molar-refractivity contribution is -0.137. The number of nitrogens with two attached hydrogens (primary N) is 2. The van der Waals surface area contributed by atoms with Crippen molar-refractivity contribution in [1.29, 1.82) is 5.26 Å². The third-order valence-corrected chi connectivity index (χ3v) is 4.11. The first kappa shape index (κ1) is 17.1. The van der Waals surface area contributed by atoms with Gasteiger partial charge in [0.15, 0.2) is 5.70 Å². The smallest absolute Gasteiger partial charge is 0.395 e. The Morgan fingerprint density at radius 2 is 2.09 bits per heavy atom. The van der Waals surface area contributed by atoms with Crippen molar-refractivity contribution in [2.45, 2.75) is 6.18 Å². The molecule has 0 bridgehead atoms. The molecule has 0 aliphatic rings.